The quantitative estimate of drug-likeness (QED) is 0.693. The third kappa shape index (κ3) is 3.33. The molecule has 0 saturated carbocycles. The minimum absolute atomic E-state index is 0.0247. The molecule has 4 nitrogen and oxygen atoms in total. The number of hydrogen-bond acceptors (Lipinski definition) is 3. The first kappa shape index (κ1) is 13.2. The molecular weight excluding hydrogens is 213 g/mol. The summed E-state index contributed by atoms with van der Waals surface area (Å²) >= 11 is 0. The molecule has 1 aliphatic rings. The second kappa shape index (κ2) is 4.20. The average Bonchev–Trinajstić information content (AvgIpc) is 2.06. The van der Waals surface area contributed by atoms with Gasteiger partial charge in [0.15, 0.2) is 0 Å². The SMILES string of the molecule is CC(C)(C)OC(=O)N1CCC(F)C(C)(O)C1. The Hall–Kier alpha value is -0.840. The lowest BCUT2D eigenvalue weighted by molar-refractivity contribution is -0.0780. The number of β-amino-alcohol motifs (C(OH)–C–C–N with tert-alkyl or cyclic N) is 1. The maximum atomic E-state index is 13.3. The Labute approximate surface area is 95.4 Å². The Bertz CT molecular complexity index is 273. The summed E-state index contributed by atoms with van der Waals surface area (Å²) in [5.41, 5.74) is -2.05. The van der Waals surface area contributed by atoms with Crippen molar-refractivity contribution in [2.75, 3.05) is 13.1 Å². The number of nitrogens with zero attached hydrogens (tertiary/aromatic N) is 1. The molecule has 0 aromatic rings. The van der Waals surface area contributed by atoms with E-state index in [1.165, 1.54) is 11.8 Å². The number of aliphatic hydroxyl groups is 1. The van der Waals surface area contributed by atoms with Gasteiger partial charge in [-0.05, 0) is 34.1 Å². The van der Waals surface area contributed by atoms with Gasteiger partial charge in [0.2, 0.25) is 0 Å². The number of alkyl halides is 1. The van der Waals surface area contributed by atoms with E-state index >= 15 is 0 Å². The fraction of sp³-hybridized carbons (Fsp3) is 0.909. The fourth-order valence-electron chi connectivity index (χ4n) is 1.63. The zero-order valence-corrected chi connectivity index (χ0v) is 10.3. The first-order chi connectivity index (χ1) is 7.12. The molecule has 0 bridgehead atoms. The van der Waals surface area contributed by atoms with Crippen molar-refractivity contribution >= 4 is 6.09 Å². The highest BCUT2D eigenvalue weighted by Gasteiger charge is 2.40. The van der Waals surface area contributed by atoms with E-state index in [9.17, 15) is 14.3 Å². The molecule has 0 spiro atoms. The maximum Gasteiger partial charge on any atom is 0.410 e. The van der Waals surface area contributed by atoms with Crippen LogP contribution in [0.2, 0.25) is 0 Å². The molecule has 2 atom stereocenters. The van der Waals surface area contributed by atoms with Gasteiger partial charge in [0.25, 0.3) is 0 Å². The molecule has 1 rings (SSSR count). The predicted molar refractivity (Wildman–Crippen MR) is 57.9 cm³/mol. The monoisotopic (exact) mass is 233 g/mol. The number of ether oxygens (including phenoxy) is 1. The number of likely N-dealkylation sites (tertiary alicyclic amines) is 1. The summed E-state index contributed by atoms with van der Waals surface area (Å²) in [6.07, 6.45) is -1.64. The molecule has 5 heteroatoms. The molecule has 1 saturated heterocycles. The van der Waals surface area contributed by atoms with E-state index in [4.69, 9.17) is 4.74 Å². The van der Waals surface area contributed by atoms with Crippen molar-refractivity contribution in [3.8, 4) is 0 Å². The van der Waals surface area contributed by atoms with Gasteiger partial charge in [0.05, 0.1) is 6.54 Å². The maximum absolute atomic E-state index is 13.3. The van der Waals surface area contributed by atoms with Crippen molar-refractivity contribution in [2.45, 2.75) is 51.5 Å². The zero-order valence-electron chi connectivity index (χ0n) is 10.3. The summed E-state index contributed by atoms with van der Waals surface area (Å²) in [6.45, 7) is 6.96. The molecule has 1 heterocycles. The van der Waals surface area contributed by atoms with Crippen LogP contribution in [0, 0.1) is 0 Å². The first-order valence-electron chi connectivity index (χ1n) is 5.46. The van der Waals surface area contributed by atoms with Crippen molar-refractivity contribution in [1.82, 2.24) is 4.90 Å². The number of carbonyl (C=O) groups excluding carboxylic acids is 1. The van der Waals surface area contributed by atoms with E-state index in [0.717, 1.165) is 0 Å². The highest BCUT2D eigenvalue weighted by molar-refractivity contribution is 5.68. The van der Waals surface area contributed by atoms with Crippen molar-refractivity contribution in [3.05, 3.63) is 0 Å². The topological polar surface area (TPSA) is 49.8 Å². The normalized spacial score (nSPS) is 31.4. The molecule has 0 aliphatic carbocycles. The minimum Gasteiger partial charge on any atom is -0.444 e. The largest absolute Gasteiger partial charge is 0.444 e. The standard InChI is InChI=1S/C11H20FNO3/c1-10(2,3)16-9(14)13-6-5-8(12)11(4,15)7-13/h8,15H,5-7H2,1-4H3. The van der Waals surface area contributed by atoms with Gasteiger partial charge in [0, 0.05) is 6.54 Å². The van der Waals surface area contributed by atoms with Crippen LogP contribution in [0.4, 0.5) is 9.18 Å². The van der Waals surface area contributed by atoms with Gasteiger partial charge >= 0.3 is 6.09 Å². The van der Waals surface area contributed by atoms with E-state index in [1.807, 2.05) is 0 Å². The number of rotatable bonds is 0. The Morgan fingerprint density at radius 3 is 2.56 bits per heavy atom. The smallest absolute Gasteiger partial charge is 0.410 e. The minimum atomic E-state index is -1.48. The molecule has 0 radical (unpaired) electrons. The summed E-state index contributed by atoms with van der Waals surface area (Å²) in [5.74, 6) is 0. The van der Waals surface area contributed by atoms with Crippen LogP contribution in [0.1, 0.15) is 34.1 Å². The van der Waals surface area contributed by atoms with Gasteiger partial charge in [-0.25, -0.2) is 9.18 Å². The second-order valence-corrected chi connectivity index (χ2v) is 5.52. The fourth-order valence-corrected chi connectivity index (χ4v) is 1.63. The lowest BCUT2D eigenvalue weighted by atomic mass is 9.93. The number of hydrogen-bond donors (Lipinski definition) is 1. The van der Waals surface area contributed by atoms with Crippen LogP contribution in [0.25, 0.3) is 0 Å². The van der Waals surface area contributed by atoms with E-state index in [0.29, 0.717) is 0 Å². The third-order valence-electron chi connectivity index (χ3n) is 2.49. The Morgan fingerprint density at radius 2 is 2.12 bits per heavy atom. The Morgan fingerprint density at radius 1 is 1.56 bits per heavy atom. The zero-order chi connectivity index (χ0) is 12.6. The van der Waals surface area contributed by atoms with Gasteiger partial charge in [-0.1, -0.05) is 0 Å². The molecule has 1 fully saturated rings. The van der Waals surface area contributed by atoms with E-state index in [2.05, 4.69) is 0 Å². The molecule has 1 aliphatic heterocycles. The van der Waals surface area contributed by atoms with Crippen LogP contribution in [-0.4, -0.2) is 46.6 Å². The number of piperidine rings is 1. The van der Waals surface area contributed by atoms with E-state index in [-0.39, 0.29) is 19.5 Å². The van der Waals surface area contributed by atoms with Crippen LogP contribution in [0.15, 0.2) is 0 Å². The van der Waals surface area contributed by atoms with Crippen molar-refractivity contribution in [2.24, 2.45) is 0 Å². The molecule has 2 unspecified atom stereocenters. The second-order valence-electron chi connectivity index (χ2n) is 5.52. The number of halogens is 1. The van der Waals surface area contributed by atoms with E-state index < -0.39 is 23.5 Å². The number of amides is 1. The predicted octanol–water partition coefficient (Wildman–Crippen LogP) is 1.72. The summed E-state index contributed by atoms with van der Waals surface area (Å²) in [5, 5.41) is 9.74. The highest BCUT2D eigenvalue weighted by atomic mass is 19.1. The first-order valence-corrected chi connectivity index (χ1v) is 5.46. The van der Waals surface area contributed by atoms with Crippen molar-refractivity contribution in [1.29, 1.82) is 0 Å². The molecule has 1 N–H and O–H groups in total. The molecule has 0 aromatic heterocycles. The lowest BCUT2D eigenvalue weighted by Crippen LogP contribution is -2.55. The van der Waals surface area contributed by atoms with Crippen LogP contribution in [0.5, 0.6) is 0 Å². The van der Waals surface area contributed by atoms with Crippen LogP contribution in [0.3, 0.4) is 0 Å². The van der Waals surface area contributed by atoms with Gasteiger partial charge in [-0.2, -0.15) is 0 Å². The number of carbonyl (C=O) groups is 1. The van der Waals surface area contributed by atoms with Gasteiger partial charge in [0.1, 0.15) is 17.4 Å². The van der Waals surface area contributed by atoms with Crippen LogP contribution in [-0.2, 0) is 4.74 Å². The highest BCUT2D eigenvalue weighted by Crippen LogP contribution is 2.25. The van der Waals surface area contributed by atoms with Gasteiger partial charge in [-0.15, -0.1) is 0 Å². The molecular formula is C11H20FNO3. The van der Waals surface area contributed by atoms with Crippen molar-refractivity contribution in [3.63, 3.8) is 0 Å². The summed E-state index contributed by atoms with van der Waals surface area (Å²) < 4.78 is 18.5. The molecule has 1 amide bonds. The van der Waals surface area contributed by atoms with Gasteiger partial charge in [-0.3, -0.25) is 0 Å². The summed E-state index contributed by atoms with van der Waals surface area (Å²) in [6, 6.07) is 0. The summed E-state index contributed by atoms with van der Waals surface area (Å²) in [7, 11) is 0. The van der Waals surface area contributed by atoms with Crippen molar-refractivity contribution < 1.29 is 19.0 Å². The Kier molecular flexibility index (Phi) is 3.47. The third-order valence-corrected chi connectivity index (χ3v) is 2.49. The van der Waals surface area contributed by atoms with E-state index in [1.54, 1.807) is 20.8 Å². The average molecular weight is 233 g/mol. The Balaban J connectivity index is 2.60. The van der Waals surface area contributed by atoms with Gasteiger partial charge < -0.3 is 14.7 Å². The molecule has 94 valence electrons. The summed E-state index contributed by atoms with van der Waals surface area (Å²) in [4.78, 5) is 13.0. The lowest BCUT2D eigenvalue weighted by Gasteiger charge is -2.39. The van der Waals surface area contributed by atoms with Crippen LogP contribution >= 0.6 is 0 Å². The van der Waals surface area contributed by atoms with Crippen LogP contribution < -0.4 is 0 Å². The molecule has 0 aromatic carbocycles. The molecule has 16 heavy (non-hydrogen) atoms.